The van der Waals surface area contributed by atoms with Gasteiger partial charge in [-0.15, -0.1) is 0 Å². The van der Waals surface area contributed by atoms with Crippen molar-refractivity contribution < 1.29 is 4.74 Å². The van der Waals surface area contributed by atoms with Crippen LogP contribution in [0.1, 0.15) is 17.4 Å². The highest BCUT2D eigenvalue weighted by Gasteiger charge is 2.21. The number of nitrogens with zero attached hydrogens (tertiary/aromatic N) is 4. The Kier molecular flexibility index (Phi) is 4.52. The lowest BCUT2D eigenvalue weighted by molar-refractivity contribution is 0.414. The average molecular weight is 345 g/mol. The van der Waals surface area contributed by atoms with Gasteiger partial charge in [0.15, 0.2) is 5.82 Å². The van der Waals surface area contributed by atoms with Crippen LogP contribution in [0, 0.1) is 0 Å². The van der Waals surface area contributed by atoms with E-state index in [0.717, 1.165) is 17.1 Å². The van der Waals surface area contributed by atoms with E-state index in [2.05, 4.69) is 20.3 Å². The van der Waals surface area contributed by atoms with Crippen molar-refractivity contribution in [3.63, 3.8) is 0 Å². The van der Waals surface area contributed by atoms with Crippen LogP contribution in [0.5, 0.6) is 5.75 Å². The van der Waals surface area contributed by atoms with Crippen LogP contribution in [0.15, 0.2) is 43.0 Å². The molecule has 0 aliphatic rings. The molecule has 1 atom stereocenters. The lowest BCUT2D eigenvalue weighted by atomic mass is 10.1. The normalized spacial score (nSPS) is 12.0. The van der Waals surface area contributed by atoms with Gasteiger partial charge in [-0.1, -0.05) is 23.7 Å². The number of nitrogen functional groups attached to an aromatic ring is 1. The highest BCUT2D eigenvalue weighted by Crippen LogP contribution is 2.30. The van der Waals surface area contributed by atoms with E-state index < -0.39 is 0 Å². The molecule has 7 nitrogen and oxygen atoms in total. The van der Waals surface area contributed by atoms with E-state index in [1.807, 2.05) is 42.1 Å². The maximum Gasteiger partial charge on any atom is 0.151 e. The van der Waals surface area contributed by atoms with Crippen molar-refractivity contribution in [1.29, 1.82) is 0 Å². The molecule has 24 heavy (non-hydrogen) atoms. The molecule has 124 valence electrons. The fraction of sp³-hybridized carbons (Fsp3) is 0.188. The van der Waals surface area contributed by atoms with Crippen LogP contribution in [-0.4, -0.2) is 26.6 Å². The van der Waals surface area contributed by atoms with E-state index in [1.165, 1.54) is 6.33 Å². The summed E-state index contributed by atoms with van der Waals surface area (Å²) in [5.41, 5.74) is 6.75. The quantitative estimate of drug-likeness (QED) is 0.739. The van der Waals surface area contributed by atoms with E-state index in [1.54, 1.807) is 13.3 Å². The molecule has 1 aromatic carbocycles. The molecule has 0 fully saturated rings. The smallest absolute Gasteiger partial charge is 0.151 e. The number of benzene rings is 1. The number of methoxy groups -OCH3 is 1. The second-order valence-electron chi connectivity index (χ2n) is 5.17. The summed E-state index contributed by atoms with van der Waals surface area (Å²) in [7, 11) is 3.56. The summed E-state index contributed by atoms with van der Waals surface area (Å²) in [6.45, 7) is 0. The summed E-state index contributed by atoms with van der Waals surface area (Å²) in [5, 5.41) is 3.58. The van der Waals surface area contributed by atoms with E-state index in [4.69, 9.17) is 22.1 Å². The van der Waals surface area contributed by atoms with Crippen molar-refractivity contribution >= 4 is 23.2 Å². The Bertz CT molecular complexity index is 833. The number of aromatic nitrogens is 4. The van der Waals surface area contributed by atoms with Gasteiger partial charge in [0.2, 0.25) is 0 Å². The lowest BCUT2D eigenvalue weighted by Crippen LogP contribution is -2.18. The number of hydrogen-bond donors (Lipinski definition) is 2. The fourth-order valence-electron chi connectivity index (χ4n) is 2.37. The molecule has 0 amide bonds. The van der Waals surface area contributed by atoms with E-state index >= 15 is 0 Å². The zero-order valence-electron chi connectivity index (χ0n) is 13.3. The minimum atomic E-state index is -0.261. The van der Waals surface area contributed by atoms with Crippen molar-refractivity contribution in [2.75, 3.05) is 18.2 Å². The number of imidazole rings is 1. The lowest BCUT2D eigenvalue weighted by Gasteiger charge is -2.20. The molecule has 0 saturated heterocycles. The van der Waals surface area contributed by atoms with E-state index in [9.17, 15) is 0 Å². The number of nitrogens with two attached hydrogens (primary N) is 1. The predicted octanol–water partition coefficient (Wildman–Crippen LogP) is 2.66. The fourth-order valence-corrected chi connectivity index (χ4v) is 2.52. The first kappa shape index (κ1) is 16.1. The zero-order valence-corrected chi connectivity index (χ0v) is 14.0. The number of ether oxygens (including phenoxy) is 1. The molecule has 0 saturated carbocycles. The van der Waals surface area contributed by atoms with Gasteiger partial charge in [-0.05, 0) is 17.7 Å². The maximum atomic E-state index is 6.21. The molecule has 0 bridgehead atoms. The summed E-state index contributed by atoms with van der Waals surface area (Å²) in [4.78, 5) is 12.5. The van der Waals surface area contributed by atoms with Gasteiger partial charge in [0.05, 0.1) is 7.11 Å². The SMILES string of the molecule is COc1ccc(C(Nc2ncnc(N)c2Cl)c2nccn2C)cc1. The molecule has 3 aromatic rings. The molecular formula is C16H17ClN6O. The number of aryl methyl sites for hydroxylation is 1. The molecule has 0 aliphatic heterocycles. The summed E-state index contributed by atoms with van der Waals surface area (Å²) in [5.74, 6) is 2.27. The van der Waals surface area contributed by atoms with Crippen LogP contribution in [0.4, 0.5) is 11.6 Å². The van der Waals surface area contributed by atoms with Crippen molar-refractivity contribution in [2.45, 2.75) is 6.04 Å². The predicted molar refractivity (Wildman–Crippen MR) is 93.1 cm³/mol. The Morgan fingerprint density at radius 1 is 1.21 bits per heavy atom. The molecule has 0 spiro atoms. The third-order valence-electron chi connectivity index (χ3n) is 3.66. The van der Waals surface area contributed by atoms with Gasteiger partial charge >= 0.3 is 0 Å². The summed E-state index contributed by atoms with van der Waals surface area (Å²) >= 11 is 6.21. The monoisotopic (exact) mass is 344 g/mol. The minimum absolute atomic E-state index is 0.225. The summed E-state index contributed by atoms with van der Waals surface area (Å²) in [6, 6.07) is 7.45. The molecule has 2 aromatic heterocycles. The van der Waals surface area contributed by atoms with Crippen LogP contribution in [0.25, 0.3) is 0 Å². The van der Waals surface area contributed by atoms with Crippen molar-refractivity contribution in [1.82, 2.24) is 19.5 Å². The van der Waals surface area contributed by atoms with Crippen LogP contribution in [0.2, 0.25) is 5.02 Å². The number of anilines is 2. The third-order valence-corrected chi connectivity index (χ3v) is 4.04. The van der Waals surface area contributed by atoms with Crippen LogP contribution in [-0.2, 0) is 7.05 Å². The molecular weight excluding hydrogens is 328 g/mol. The van der Waals surface area contributed by atoms with Gasteiger partial charge < -0.3 is 20.4 Å². The van der Waals surface area contributed by atoms with Gasteiger partial charge in [0.1, 0.15) is 34.8 Å². The van der Waals surface area contributed by atoms with E-state index in [-0.39, 0.29) is 16.9 Å². The third kappa shape index (κ3) is 3.11. The van der Waals surface area contributed by atoms with Crippen LogP contribution >= 0.6 is 11.6 Å². The zero-order chi connectivity index (χ0) is 17.1. The molecule has 2 heterocycles. The van der Waals surface area contributed by atoms with Crippen molar-refractivity contribution in [3.8, 4) is 5.75 Å². The minimum Gasteiger partial charge on any atom is -0.497 e. The number of halogens is 1. The van der Waals surface area contributed by atoms with Gasteiger partial charge in [-0.25, -0.2) is 15.0 Å². The van der Waals surface area contributed by atoms with Crippen molar-refractivity contribution in [2.24, 2.45) is 7.05 Å². The van der Waals surface area contributed by atoms with Gasteiger partial charge in [0.25, 0.3) is 0 Å². The highest BCUT2D eigenvalue weighted by molar-refractivity contribution is 6.35. The second-order valence-corrected chi connectivity index (χ2v) is 5.55. The highest BCUT2D eigenvalue weighted by atomic mass is 35.5. The summed E-state index contributed by atoms with van der Waals surface area (Å²) in [6.07, 6.45) is 4.99. The Morgan fingerprint density at radius 2 is 1.96 bits per heavy atom. The molecule has 3 N–H and O–H groups in total. The van der Waals surface area contributed by atoms with Gasteiger partial charge in [-0.2, -0.15) is 0 Å². The summed E-state index contributed by atoms with van der Waals surface area (Å²) < 4.78 is 7.15. The van der Waals surface area contributed by atoms with E-state index in [0.29, 0.717) is 5.82 Å². The van der Waals surface area contributed by atoms with Gasteiger partial charge in [0, 0.05) is 19.4 Å². The topological polar surface area (TPSA) is 90.9 Å². The largest absolute Gasteiger partial charge is 0.497 e. The molecule has 0 aliphatic carbocycles. The standard InChI is InChI=1S/C16H17ClN6O/c1-23-8-7-19-16(23)13(10-3-5-11(24-2)6-4-10)22-15-12(17)14(18)20-9-21-15/h3-9,13H,1-2H3,(H3,18,20,21,22). The average Bonchev–Trinajstić information content (AvgIpc) is 3.02. The second kappa shape index (κ2) is 6.76. The van der Waals surface area contributed by atoms with Crippen molar-refractivity contribution in [3.05, 3.63) is 59.4 Å². The number of hydrogen-bond acceptors (Lipinski definition) is 6. The first-order valence-electron chi connectivity index (χ1n) is 7.24. The molecule has 0 radical (unpaired) electrons. The number of nitrogens with one attached hydrogen (secondary N) is 1. The van der Waals surface area contributed by atoms with Crippen LogP contribution < -0.4 is 15.8 Å². The Morgan fingerprint density at radius 3 is 2.58 bits per heavy atom. The Labute approximate surface area is 144 Å². The Balaban J connectivity index is 2.02. The first-order valence-corrected chi connectivity index (χ1v) is 7.61. The first-order chi connectivity index (χ1) is 11.6. The maximum absolute atomic E-state index is 6.21. The molecule has 3 rings (SSSR count). The number of rotatable bonds is 5. The Hall–Kier alpha value is -2.80. The van der Waals surface area contributed by atoms with Crippen LogP contribution in [0.3, 0.4) is 0 Å². The molecule has 1 unspecified atom stereocenters. The molecule has 8 heteroatoms. The van der Waals surface area contributed by atoms with Gasteiger partial charge in [-0.3, -0.25) is 0 Å².